The Balaban J connectivity index is 2.57. The van der Waals surface area contributed by atoms with Crippen LogP contribution in [0.5, 0.6) is 0 Å². The van der Waals surface area contributed by atoms with Gasteiger partial charge in [-0.1, -0.05) is 6.92 Å². The van der Waals surface area contributed by atoms with E-state index < -0.39 is 5.54 Å². The molecule has 1 N–H and O–H groups in total. The highest BCUT2D eigenvalue weighted by Crippen LogP contribution is 2.23. The highest BCUT2D eigenvalue weighted by molar-refractivity contribution is 5.80. The fourth-order valence-electron chi connectivity index (χ4n) is 2.07. The Bertz CT molecular complexity index is 241. The zero-order valence-electron chi connectivity index (χ0n) is 10.9. The maximum Gasteiger partial charge on any atom is 0.327 e. The van der Waals surface area contributed by atoms with Crippen LogP contribution in [0.25, 0.3) is 0 Å². The number of nitrogens with one attached hydrogen (secondary N) is 1. The molecule has 1 unspecified atom stereocenters. The number of ether oxygens (including phenoxy) is 1. The number of esters is 1. The Labute approximate surface area is 98.3 Å². The van der Waals surface area contributed by atoms with Crippen LogP contribution < -0.4 is 5.32 Å². The summed E-state index contributed by atoms with van der Waals surface area (Å²) in [5, 5.41) is 3.39. The number of carbonyl (C=O) groups excluding carboxylic acids is 1. The smallest absolute Gasteiger partial charge is 0.327 e. The molecule has 16 heavy (non-hydrogen) atoms. The second-order valence-corrected chi connectivity index (χ2v) is 4.98. The molecule has 1 saturated carbocycles. The number of rotatable bonds is 7. The quantitative estimate of drug-likeness (QED) is 0.660. The van der Waals surface area contributed by atoms with Gasteiger partial charge in [-0.25, -0.2) is 0 Å². The molecule has 0 aromatic heterocycles. The number of hydrogen-bond donors (Lipinski definition) is 1. The van der Waals surface area contributed by atoms with Crippen molar-refractivity contribution >= 4 is 5.97 Å². The molecule has 4 heteroatoms. The predicted octanol–water partition coefficient (Wildman–Crippen LogP) is 1.01. The van der Waals surface area contributed by atoms with Crippen molar-refractivity contribution in [1.82, 2.24) is 10.2 Å². The second-order valence-electron chi connectivity index (χ2n) is 4.98. The largest absolute Gasteiger partial charge is 0.468 e. The van der Waals surface area contributed by atoms with Crippen LogP contribution in [0.1, 0.15) is 33.1 Å². The molecule has 1 atom stereocenters. The third kappa shape index (κ3) is 3.76. The van der Waals surface area contributed by atoms with Gasteiger partial charge in [0.25, 0.3) is 0 Å². The van der Waals surface area contributed by atoms with Gasteiger partial charge in [-0.05, 0) is 39.8 Å². The molecule has 1 fully saturated rings. The first-order chi connectivity index (χ1) is 7.51. The van der Waals surface area contributed by atoms with Crippen LogP contribution in [-0.2, 0) is 9.53 Å². The summed E-state index contributed by atoms with van der Waals surface area (Å²) in [5.41, 5.74) is -0.570. The third-order valence-corrected chi connectivity index (χ3v) is 2.93. The van der Waals surface area contributed by atoms with E-state index in [1.54, 1.807) is 0 Å². The van der Waals surface area contributed by atoms with E-state index >= 15 is 0 Å². The minimum Gasteiger partial charge on any atom is -0.468 e. The van der Waals surface area contributed by atoms with Gasteiger partial charge in [-0.3, -0.25) is 10.1 Å². The van der Waals surface area contributed by atoms with Crippen LogP contribution in [0.15, 0.2) is 0 Å². The fourth-order valence-corrected chi connectivity index (χ4v) is 2.07. The number of hydrogen-bond acceptors (Lipinski definition) is 4. The van der Waals surface area contributed by atoms with Gasteiger partial charge >= 0.3 is 5.97 Å². The van der Waals surface area contributed by atoms with Crippen molar-refractivity contribution < 1.29 is 9.53 Å². The molecular weight excluding hydrogens is 204 g/mol. The highest BCUT2D eigenvalue weighted by atomic mass is 16.5. The second kappa shape index (κ2) is 5.64. The van der Waals surface area contributed by atoms with Gasteiger partial charge < -0.3 is 9.64 Å². The van der Waals surface area contributed by atoms with E-state index in [2.05, 4.69) is 17.1 Å². The summed E-state index contributed by atoms with van der Waals surface area (Å²) in [5.74, 6) is -0.164. The lowest BCUT2D eigenvalue weighted by Crippen LogP contribution is -2.57. The molecule has 0 saturated heterocycles. The van der Waals surface area contributed by atoms with Crippen molar-refractivity contribution in [3.63, 3.8) is 0 Å². The Hall–Kier alpha value is -0.610. The molecule has 0 radical (unpaired) electrons. The average Bonchev–Trinajstić information content (AvgIpc) is 3.00. The molecule has 0 heterocycles. The minimum atomic E-state index is -0.570. The summed E-state index contributed by atoms with van der Waals surface area (Å²) < 4.78 is 4.89. The van der Waals surface area contributed by atoms with Crippen molar-refractivity contribution in [3.8, 4) is 0 Å². The fraction of sp³-hybridized carbons (Fsp3) is 0.917. The van der Waals surface area contributed by atoms with Crippen LogP contribution in [-0.4, -0.2) is 49.7 Å². The lowest BCUT2D eigenvalue weighted by atomic mass is 10.0. The maximum atomic E-state index is 11.8. The van der Waals surface area contributed by atoms with Crippen molar-refractivity contribution in [1.29, 1.82) is 0 Å². The Morgan fingerprint density at radius 3 is 2.62 bits per heavy atom. The zero-order chi connectivity index (χ0) is 12.2. The van der Waals surface area contributed by atoms with Crippen molar-refractivity contribution in [2.75, 3.05) is 27.2 Å². The SMILES string of the molecule is CCCN(C)CC(C)(NC1CC1)C(=O)OC. The van der Waals surface area contributed by atoms with Crippen LogP contribution >= 0.6 is 0 Å². The number of carbonyl (C=O) groups is 1. The van der Waals surface area contributed by atoms with Gasteiger partial charge in [0, 0.05) is 12.6 Å². The summed E-state index contributed by atoms with van der Waals surface area (Å²) in [6, 6.07) is 0.499. The van der Waals surface area contributed by atoms with E-state index in [1.807, 2.05) is 14.0 Å². The van der Waals surface area contributed by atoms with E-state index in [0.717, 1.165) is 13.0 Å². The Morgan fingerprint density at radius 2 is 2.19 bits per heavy atom. The van der Waals surface area contributed by atoms with E-state index in [-0.39, 0.29) is 5.97 Å². The van der Waals surface area contributed by atoms with Crippen LogP contribution in [0.4, 0.5) is 0 Å². The molecule has 0 amide bonds. The van der Waals surface area contributed by atoms with Crippen molar-refractivity contribution in [2.24, 2.45) is 0 Å². The average molecular weight is 228 g/mol. The summed E-state index contributed by atoms with van der Waals surface area (Å²) in [7, 11) is 3.49. The normalized spacial score (nSPS) is 19.6. The molecule has 0 aliphatic heterocycles. The molecule has 0 bridgehead atoms. The predicted molar refractivity (Wildman–Crippen MR) is 64.4 cm³/mol. The standard InChI is InChI=1S/C12H24N2O2/c1-5-8-14(3)9-12(2,11(15)16-4)13-10-6-7-10/h10,13H,5-9H2,1-4H3. The van der Waals surface area contributed by atoms with Crippen molar-refractivity contribution in [3.05, 3.63) is 0 Å². The van der Waals surface area contributed by atoms with Crippen molar-refractivity contribution in [2.45, 2.75) is 44.7 Å². The summed E-state index contributed by atoms with van der Waals surface area (Å²) in [4.78, 5) is 14.0. The van der Waals surface area contributed by atoms with Gasteiger partial charge in [0.15, 0.2) is 0 Å². The maximum absolute atomic E-state index is 11.8. The van der Waals surface area contributed by atoms with Gasteiger partial charge in [-0.15, -0.1) is 0 Å². The Kier molecular flexibility index (Phi) is 4.74. The Morgan fingerprint density at radius 1 is 1.56 bits per heavy atom. The molecule has 0 aromatic rings. The van der Waals surface area contributed by atoms with Crippen LogP contribution in [0.3, 0.4) is 0 Å². The van der Waals surface area contributed by atoms with Gasteiger partial charge in [-0.2, -0.15) is 0 Å². The zero-order valence-corrected chi connectivity index (χ0v) is 10.9. The lowest BCUT2D eigenvalue weighted by Gasteiger charge is -2.32. The van der Waals surface area contributed by atoms with Gasteiger partial charge in [0.1, 0.15) is 5.54 Å². The van der Waals surface area contributed by atoms with E-state index in [9.17, 15) is 4.79 Å². The van der Waals surface area contributed by atoms with Gasteiger partial charge in [0.2, 0.25) is 0 Å². The number of likely N-dealkylation sites (N-methyl/N-ethyl adjacent to an activating group) is 1. The molecule has 0 spiro atoms. The molecule has 94 valence electrons. The molecular formula is C12H24N2O2. The first kappa shape index (κ1) is 13.5. The molecule has 1 rings (SSSR count). The van der Waals surface area contributed by atoms with Crippen LogP contribution in [0, 0.1) is 0 Å². The van der Waals surface area contributed by atoms with Crippen LogP contribution in [0.2, 0.25) is 0 Å². The first-order valence-electron chi connectivity index (χ1n) is 6.06. The molecule has 0 aromatic carbocycles. The lowest BCUT2D eigenvalue weighted by molar-refractivity contribution is -0.148. The van der Waals surface area contributed by atoms with Gasteiger partial charge in [0.05, 0.1) is 7.11 Å². The first-order valence-corrected chi connectivity index (χ1v) is 6.06. The number of methoxy groups -OCH3 is 1. The molecule has 1 aliphatic carbocycles. The molecule has 4 nitrogen and oxygen atoms in total. The summed E-state index contributed by atoms with van der Waals surface area (Å²) >= 11 is 0. The van der Waals surface area contributed by atoms with E-state index in [4.69, 9.17) is 4.74 Å². The summed E-state index contributed by atoms with van der Waals surface area (Å²) in [6.07, 6.45) is 3.44. The third-order valence-electron chi connectivity index (χ3n) is 2.93. The highest BCUT2D eigenvalue weighted by Gasteiger charge is 2.40. The molecule has 1 aliphatic rings. The number of nitrogens with zero attached hydrogens (tertiary/aromatic N) is 1. The van der Waals surface area contributed by atoms with E-state index in [0.29, 0.717) is 12.6 Å². The topological polar surface area (TPSA) is 41.6 Å². The minimum absolute atomic E-state index is 0.164. The van der Waals surface area contributed by atoms with E-state index in [1.165, 1.54) is 20.0 Å². The monoisotopic (exact) mass is 228 g/mol. The summed E-state index contributed by atoms with van der Waals surface area (Å²) in [6.45, 7) is 5.77.